The van der Waals surface area contributed by atoms with Crippen molar-refractivity contribution >= 4 is 12.2 Å². The number of halogens is 2. The number of allylic oxidation sites excluding steroid dienone is 2. The molecule has 45 heavy (non-hydrogen) atoms. The summed E-state index contributed by atoms with van der Waals surface area (Å²) in [5.41, 5.74) is 18.4. The first-order chi connectivity index (χ1) is 21.1. The van der Waals surface area contributed by atoms with Crippen molar-refractivity contribution in [2.75, 3.05) is 0 Å². The van der Waals surface area contributed by atoms with Crippen molar-refractivity contribution in [1.82, 2.24) is 0 Å². The van der Waals surface area contributed by atoms with Gasteiger partial charge in [-0.25, -0.2) is 0 Å². The first-order valence-electron chi connectivity index (χ1n) is 17.0. The third kappa shape index (κ3) is 6.03. The maximum absolute atomic E-state index is 2.89. The van der Waals surface area contributed by atoms with Gasteiger partial charge in [-0.05, 0) is 0 Å². The van der Waals surface area contributed by atoms with E-state index in [-0.39, 0.29) is 24.8 Å². The number of aryl methyl sites for hydroxylation is 2. The summed E-state index contributed by atoms with van der Waals surface area (Å²) in [5, 5.41) is 0. The molecular formula is C42H46Cl2Hf. The van der Waals surface area contributed by atoms with Crippen LogP contribution in [0.3, 0.4) is 0 Å². The molecule has 0 nitrogen and oxygen atoms in total. The Kier molecular flexibility index (Phi) is 10.8. The van der Waals surface area contributed by atoms with Crippen LogP contribution in [0.1, 0.15) is 94.1 Å². The Morgan fingerprint density at radius 2 is 0.933 bits per heavy atom. The summed E-state index contributed by atoms with van der Waals surface area (Å²) in [6.45, 7) is 9.25. The molecule has 0 amide bonds. The molecule has 1 saturated heterocycles. The van der Waals surface area contributed by atoms with Crippen LogP contribution < -0.4 is 24.8 Å². The van der Waals surface area contributed by atoms with Crippen molar-refractivity contribution in [2.45, 2.75) is 81.9 Å². The van der Waals surface area contributed by atoms with Gasteiger partial charge in [-0.2, -0.15) is 0 Å². The van der Waals surface area contributed by atoms with Gasteiger partial charge in [0.15, 0.2) is 0 Å². The minimum atomic E-state index is -2.89. The standard InChI is InChI=1S/2C20H21.C2H4.2ClH.Hf/c2*1-3-6-16-13-18-7-5-8-19(20(18)14-16)17-11-9-15(4-2)10-12-17;1-2;;;/h2*5,7-14H,3-4,6H2,1-2H3;1-2H2;2*1H;/q;;;;;+2/p-2. The molecule has 2 aliphatic carbocycles. The average Bonchev–Trinajstić information content (AvgIpc) is 3.60. The van der Waals surface area contributed by atoms with E-state index < -0.39 is 20.0 Å². The number of hydrogen-bond acceptors (Lipinski definition) is 0. The average molecular weight is 800 g/mol. The number of fused-ring (bicyclic) bond motifs is 2. The Morgan fingerprint density at radius 1 is 0.533 bits per heavy atom. The van der Waals surface area contributed by atoms with Crippen molar-refractivity contribution in [3.8, 4) is 22.3 Å². The zero-order chi connectivity index (χ0) is 29.6. The quantitative estimate of drug-likeness (QED) is 0.165. The van der Waals surface area contributed by atoms with Crippen LogP contribution in [0.5, 0.6) is 0 Å². The predicted molar refractivity (Wildman–Crippen MR) is 183 cm³/mol. The summed E-state index contributed by atoms with van der Waals surface area (Å²) in [5.74, 6) is 0. The molecule has 0 aromatic heterocycles. The molecule has 0 bridgehead atoms. The summed E-state index contributed by atoms with van der Waals surface area (Å²) in [4.78, 5) is 0. The first-order valence-corrected chi connectivity index (χ1v) is 26.2. The SMILES string of the molecule is CCCC1=Cc2c(-c3ccc(CC)cc3)cccc2[CH]1[Hf+2]1([CH]2C(CCC)=Cc3c(-c4ccc(CC)cc4)cccc32)[CH2][CH2]1.[Cl-].[Cl-]. The summed E-state index contributed by atoms with van der Waals surface area (Å²) in [7, 11) is 0. The van der Waals surface area contributed by atoms with E-state index in [9.17, 15) is 0 Å². The van der Waals surface area contributed by atoms with Gasteiger partial charge in [-0.1, -0.05) is 0 Å². The van der Waals surface area contributed by atoms with E-state index >= 15 is 0 Å². The van der Waals surface area contributed by atoms with Gasteiger partial charge in [-0.3, -0.25) is 0 Å². The van der Waals surface area contributed by atoms with E-state index in [1.807, 2.05) is 0 Å². The van der Waals surface area contributed by atoms with Gasteiger partial charge in [0.2, 0.25) is 0 Å². The molecule has 1 fully saturated rings. The van der Waals surface area contributed by atoms with Crippen molar-refractivity contribution in [3.63, 3.8) is 0 Å². The zero-order valence-corrected chi connectivity index (χ0v) is 32.4. The Balaban J connectivity index is 0.00000200. The van der Waals surface area contributed by atoms with E-state index in [4.69, 9.17) is 0 Å². The van der Waals surface area contributed by atoms with Gasteiger partial charge in [0, 0.05) is 0 Å². The Labute approximate surface area is 288 Å². The summed E-state index contributed by atoms with van der Waals surface area (Å²) < 4.78 is 4.52. The molecule has 0 radical (unpaired) electrons. The molecule has 0 N–H and O–H groups in total. The van der Waals surface area contributed by atoms with Crippen LogP contribution in [0.4, 0.5) is 0 Å². The predicted octanol–water partition coefficient (Wildman–Crippen LogP) is 6.33. The molecule has 2 atom stereocenters. The Morgan fingerprint density at radius 3 is 1.27 bits per heavy atom. The zero-order valence-electron chi connectivity index (χ0n) is 27.3. The van der Waals surface area contributed by atoms with E-state index in [2.05, 4.69) is 125 Å². The number of hydrogen-bond donors (Lipinski definition) is 0. The molecule has 2 unspecified atom stereocenters. The maximum atomic E-state index is 2.66. The fourth-order valence-corrected chi connectivity index (χ4v) is 36.6. The van der Waals surface area contributed by atoms with E-state index in [0.29, 0.717) is 0 Å². The summed E-state index contributed by atoms with van der Waals surface area (Å²) >= 11 is -2.89. The molecule has 0 spiro atoms. The van der Waals surface area contributed by atoms with Crippen LogP contribution in [0.2, 0.25) is 8.35 Å². The molecule has 232 valence electrons. The molecule has 4 aromatic carbocycles. The van der Waals surface area contributed by atoms with E-state index in [1.54, 1.807) is 22.3 Å². The Bertz CT molecular complexity index is 1580. The van der Waals surface area contributed by atoms with Crippen LogP contribution in [0.15, 0.2) is 96.1 Å². The number of rotatable bonds is 10. The normalized spacial score (nSPS) is 18.0. The van der Waals surface area contributed by atoms with Crippen molar-refractivity contribution in [3.05, 3.63) is 129 Å². The largest absolute Gasteiger partial charge is 1.00 e. The van der Waals surface area contributed by atoms with Gasteiger partial charge < -0.3 is 24.8 Å². The second-order valence-corrected chi connectivity index (χ2v) is 29.9. The molecule has 0 saturated carbocycles. The van der Waals surface area contributed by atoms with Gasteiger partial charge in [0.25, 0.3) is 0 Å². The van der Waals surface area contributed by atoms with Crippen LogP contribution in [0, 0.1) is 0 Å². The van der Waals surface area contributed by atoms with Crippen molar-refractivity contribution < 1.29 is 44.8 Å². The van der Waals surface area contributed by atoms with E-state index in [1.165, 1.54) is 78.5 Å². The third-order valence-electron chi connectivity index (χ3n) is 10.7. The molecule has 3 heteroatoms. The second kappa shape index (κ2) is 14.3. The third-order valence-corrected chi connectivity index (χ3v) is 29.8. The topological polar surface area (TPSA) is 0 Å². The Hall–Kier alpha value is -2.19. The number of benzene rings is 4. The summed E-state index contributed by atoms with van der Waals surface area (Å²) in [6.07, 6.45) is 12.5. The molecule has 3 aliphatic rings. The van der Waals surface area contributed by atoms with Crippen molar-refractivity contribution in [2.24, 2.45) is 0 Å². The summed E-state index contributed by atoms with van der Waals surface area (Å²) in [6, 6.07) is 33.3. The van der Waals surface area contributed by atoms with Gasteiger partial charge in [0.05, 0.1) is 0 Å². The fraction of sp³-hybridized carbons (Fsp3) is 0.333. The molecule has 4 aromatic rings. The van der Waals surface area contributed by atoms with Gasteiger partial charge in [0.1, 0.15) is 0 Å². The molecule has 1 aliphatic heterocycles. The monoisotopic (exact) mass is 800 g/mol. The van der Waals surface area contributed by atoms with Crippen LogP contribution in [0.25, 0.3) is 34.4 Å². The van der Waals surface area contributed by atoms with Crippen molar-refractivity contribution in [1.29, 1.82) is 0 Å². The molecule has 7 rings (SSSR count). The van der Waals surface area contributed by atoms with Gasteiger partial charge >= 0.3 is 266 Å². The molecular weight excluding hydrogens is 754 g/mol. The van der Waals surface area contributed by atoms with Crippen LogP contribution in [-0.2, 0) is 32.8 Å². The van der Waals surface area contributed by atoms with E-state index in [0.717, 1.165) is 20.2 Å². The maximum Gasteiger partial charge on any atom is -1.00 e. The molecule has 1 heterocycles. The van der Waals surface area contributed by atoms with Crippen LogP contribution in [-0.4, -0.2) is 0 Å². The minimum Gasteiger partial charge on any atom is -1.00 e. The van der Waals surface area contributed by atoms with Gasteiger partial charge in [-0.15, -0.1) is 0 Å². The first kappa shape index (κ1) is 34.2. The van der Waals surface area contributed by atoms with Crippen LogP contribution >= 0.6 is 0 Å². The second-order valence-electron chi connectivity index (χ2n) is 13.3. The smallest absolute Gasteiger partial charge is 1.00 e. The fourth-order valence-electron chi connectivity index (χ4n) is 8.53. The minimum absolute atomic E-state index is 0.